The van der Waals surface area contributed by atoms with E-state index in [2.05, 4.69) is 42.2 Å². The van der Waals surface area contributed by atoms with E-state index < -0.39 is 0 Å². The van der Waals surface area contributed by atoms with Crippen molar-refractivity contribution in [2.24, 2.45) is 0 Å². The Morgan fingerprint density at radius 3 is 2.89 bits per heavy atom. The van der Waals surface area contributed by atoms with Crippen LogP contribution in [0, 0.1) is 0 Å². The van der Waals surface area contributed by atoms with Crippen LogP contribution in [0.25, 0.3) is 11.3 Å². The highest BCUT2D eigenvalue weighted by molar-refractivity contribution is 9.11. The highest BCUT2D eigenvalue weighted by atomic mass is 79.9. The Labute approximate surface area is 122 Å². The van der Waals surface area contributed by atoms with Crippen molar-refractivity contribution in [1.29, 1.82) is 0 Å². The lowest BCUT2D eigenvalue weighted by molar-refractivity contribution is 0.569. The summed E-state index contributed by atoms with van der Waals surface area (Å²) < 4.78 is 7.57. The number of rotatable bonds is 4. The molecular formula is C13H12Br2N2O. The van der Waals surface area contributed by atoms with Gasteiger partial charge in [0.2, 0.25) is 0 Å². The fraction of sp³-hybridized carbons (Fsp3) is 0.308. The van der Waals surface area contributed by atoms with Gasteiger partial charge in [0, 0.05) is 27.1 Å². The van der Waals surface area contributed by atoms with Crippen LogP contribution in [-0.4, -0.2) is 11.0 Å². The number of aromatic nitrogens is 1. The second-order valence-electron chi connectivity index (χ2n) is 4.41. The molecule has 2 aromatic rings. The molecule has 1 aromatic carbocycles. The molecule has 0 atom stereocenters. The van der Waals surface area contributed by atoms with Gasteiger partial charge in [-0.3, -0.25) is 0 Å². The minimum atomic E-state index is 0.669. The molecule has 0 aliphatic heterocycles. The lowest BCUT2D eigenvalue weighted by atomic mass is 10.1. The average molecular weight is 372 g/mol. The van der Waals surface area contributed by atoms with Crippen LogP contribution in [0.2, 0.25) is 0 Å². The third-order valence-corrected chi connectivity index (χ3v) is 4.10. The van der Waals surface area contributed by atoms with E-state index in [0.717, 1.165) is 32.5 Å². The van der Waals surface area contributed by atoms with Gasteiger partial charge in [0.25, 0.3) is 0 Å². The fourth-order valence-corrected chi connectivity index (χ4v) is 3.04. The van der Waals surface area contributed by atoms with E-state index in [-0.39, 0.29) is 0 Å². The smallest absolute Gasteiger partial charge is 0.181 e. The Morgan fingerprint density at radius 2 is 2.17 bits per heavy atom. The van der Waals surface area contributed by atoms with Crippen molar-refractivity contribution in [2.75, 3.05) is 0 Å². The zero-order valence-corrected chi connectivity index (χ0v) is 12.8. The Bertz CT molecular complexity index is 564. The average Bonchev–Trinajstić information content (AvgIpc) is 3.06. The summed E-state index contributed by atoms with van der Waals surface area (Å²) >= 11 is 7.00. The number of halogens is 2. The van der Waals surface area contributed by atoms with Gasteiger partial charge in [-0.25, -0.2) is 4.98 Å². The Kier molecular flexibility index (Phi) is 3.54. The van der Waals surface area contributed by atoms with E-state index in [4.69, 9.17) is 4.42 Å². The number of hydrogen-bond donors (Lipinski definition) is 1. The number of hydrogen-bond acceptors (Lipinski definition) is 3. The SMILES string of the molecule is Brc1ccc(-c2ocnc2CNC2CC2)c(Br)c1. The third-order valence-electron chi connectivity index (χ3n) is 2.95. The third kappa shape index (κ3) is 2.68. The van der Waals surface area contributed by atoms with Gasteiger partial charge in [0.05, 0.1) is 0 Å². The molecule has 5 heteroatoms. The van der Waals surface area contributed by atoms with Crippen molar-refractivity contribution in [1.82, 2.24) is 10.3 Å². The van der Waals surface area contributed by atoms with E-state index in [1.54, 1.807) is 0 Å². The molecule has 1 aliphatic rings. The van der Waals surface area contributed by atoms with Crippen molar-refractivity contribution in [3.63, 3.8) is 0 Å². The molecule has 1 fully saturated rings. The minimum absolute atomic E-state index is 0.669. The molecule has 0 unspecified atom stereocenters. The molecule has 1 N–H and O–H groups in total. The second-order valence-corrected chi connectivity index (χ2v) is 6.18. The Morgan fingerprint density at radius 1 is 1.33 bits per heavy atom. The van der Waals surface area contributed by atoms with Gasteiger partial charge in [0.1, 0.15) is 5.69 Å². The van der Waals surface area contributed by atoms with E-state index in [0.29, 0.717) is 6.04 Å². The highest BCUT2D eigenvalue weighted by Gasteiger charge is 2.22. The summed E-state index contributed by atoms with van der Waals surface area (Å²) in [6.07, 6.45) is 4.05. The molecule has 3 nitrogen and oxygen atoms in total. The lowest BCUT2D eigenvalue weighted by Gasteiger charge is -2.05. The van der Waals surface area contributed by atoms with Crippen LogP contribution in [0.3, 0.4) is 0 Å². The van der Waals surface area contributed by atoms with Crippen LogP contribution < -0.4 is 5.32 Å². The number of oxazole rings is 1. The number of nitrogens with one attached hydrogen (secondary N) is 1. The minimum Gasteiger partial charge on any atom is -0.443 e. The molecule has 1 aromatic heterocycles. The van der Waals surface area contributed by atoms with Crippen LogP contribution in [0.15, 0.2) is 38.0 Å². The molecule has 0 radical (unpaired) electrons. The molecule has 3 rings (SSSR count). The first-order valence-electron chi connectivity index (χ1n) is 5.85. The van der Waals surface area contributed by atoms with Crippen LogP contribution >= 0.6 is 31.9 Å². The highest BCUT2D eigenvalue weighted by Crippen LogP contribution is 2.33. The topological polar surface area (TPSA) is 38.1 Å². The molecule has 94 valence electrons. The maximum absolute atomic E-state index is 5.53. The summed E-state index contributed by atoms with van der Waals surface area (Å²) in [5.41, 5.74) is 1.99. The van der Waals surface area contributed by atoms with Gasteiger partial charge < -0.3 is 9.73 Å². The van der Waals surface area contributed by atoms with Crippen LogP contribution in [0.1, 0.15) is 18.5 Å². The zero-order valence-electron chi connectivity index (χ0n) is 9.62. The lowest BCUT2D eigenvalue weighted by Crippen LogP contribution is -2.16. The van der Waals surface area contributed by atoms with Crippen LogP contribution in [0.4, 0.5) is 0 Å². The monoisotopic (exact) mass is 370 g/mol. The first-order chi connectivity index (χ1) is 8.74. The maximum Gasteiger partial charge on any atom is 0.181 e. The van der Waals surface area contributed by atoms with E-state index in [1.165, 1.54) is 19.2 Å². The largest absolute Gasteiger partial charge is 0.443 e. The summed E-state index contributed by atoms with van der Waals surface area (Å²) in [5.74, 6) is 0.836. The van der Waals surface area contributed by atoms with Gasteiger partial charge in [-0.15, -0.1) is 0 Å². The van der Waals surface area contributed by atoms with E-state index in [1.807, 2.05) is 18.2 Å². The maximum atomic E-state index is 5.53. The van der Waals surface area contributed by atoms with Crippen LogP contribution in [-0.2, 0) is 6.54 Å². The quantitative estimate of drug-likeness (QED) is 0.878. The molecule has 0 bridgehead atoms. The molecule has 1 aliphatic carbocycles. The zero-order chi connectivity index (χ0) is 12.5. The fourth-order valence-electron chi connectivity index (χ4n) is 1.82. The Hall–Kier alpha value is -0.650. The normalized spacial score (nSPS) is 15.0. The number of benzene rings is 1. The standard InChI is InChI=1S/C13H12Br2N2O/c14-8-1-4-10(11(15)5-8)13-12(17-7-18-13)6-16-9-2-3-9/h1,4-5,7,9,16H,2-3,6H2. The van der Waals surface area contributed by atoms with Gasteiger partial charge in [-0.05, 0) is 47.0 Å². The van der Waals surface area contributed by atoms with Crippen molar-refractivity contribution in [3.05, 3.63) is 39.2 Å². The predicted molar refractivity (Wildman–Crippen MR) is 77.2 cm³/mol. The van der Waals surface area contributed by atoms with E-state index >= 15 is 0 Å². The van der Waals surface area contributed by atoms with Crippen molar-refractivity contribution < 1.29 is 4.42 Å². The van der Waals surface area contributed by atoms with Gasteiger partial charge in [-0.2, -0.15) is 0 Å². The molecule has 0 spiro atoms. The molecule has 0 amide bonds. The van der Waals surface area contributed by atoms with Crippen molar-refractivity contribution >= 4 is 31.9 Å². The van der Waals surface area contributed by atoms with Crippen LogP contribution in [0.5, 0.6) is 0 Å². The molecule has 1 heterocycles. The van der Waals surface area contributed by atoms with Crippen molar-refractivity contribution in [3.8, 4) is 11.3 Å². The van der Waals surface area contributed by atoms with Gasteiger partial charge in [0.15, 0.2) is 12.2 Å². The van der Waals surface area contributed by atoms with Crippen molar-refractivity contribution in [2.45, 2.75) is 25.4 Å². The first-order valence-corrected chi connectivity index (χ1v) is 7.44. The van der Waals surface area contributed by atoms with Gasteiger partial charge in [-0.1, -0.05) is 15.9 Å². The molecule has 18 heavy (non-hydrogen) atoms. The summed E-state index contributed by atoms with van der Waals surface area (Å²) in [6.45, 7) is 0.763. The molecule has 1 saturated carbocycles. The molecule has 0 saturated heterocycles. The first kappa shape index (κ1) is 12.4. The summed E-state index contributed by atoms with van der Waals surface area (Å²) in [4.78, 5) is 4.29. The summed E-state index contributed by atoms with van der Waals surface area (Å²) in [5, 5.41) is 3.45. The summed E-state index contributed by atoms with van der Waals surface area (Å²) in [6, 6.07) is 6.70. The number of nitrogens with zero attached hydrogens (tertiary/aromatic N) is 1. The van der Waals surface area contributed by atoms with E-state index in [9.17, 15) is 0 Å². The second kappa shape index (κ2) is 5.15. The molecular weight excluding hydrogens is 360 g/mol. The Balaban J connectivity index is 1.88. The summed E-state index contributed by atoms with van der Waals surface area (Å²) in [7, 11) is 0. The van der Waals surface area contributed by atoms with Gasteiger partial charge >= 0.3 is 0 Å². The predicted octanol–water partition coefficient (Wildman–Crippen LogP) is 4.12.